The summed E-state index contributed by atoms with van der Waals surface area (Å²) >= 11 is 0. The SMILES string of the molecule is CCOC(=O)CCN(C(=O)Cc1ccccc1)C1CC1. The second kappa shape index (κ2) is 7.08. The van der Waals surface area contributed by atoms with Crippen molar-refractivity contribution < 1.29 is 14.3 Å². The van der Waals surface area contributed by atoms with E-state index in [0.29, 0.717) is 25.6 Å². The molecule has 4 nitrogen and oxygen atoms in total. The van der Waals surface area contributed by atoms with Gasteiger partial charge in [-0.15, -0.1) is 0 Å². The zero-order chi connectivity index (χ0) is 14.4. The molecule has 0 N–H and O–H groups in total. The summed E-state index contributed by atoms with van der Waals surface area (Å²) in [6, 6.07) is 10.0. The Bertz CT molecular complexity index is 454. The van der Waals surface area contributed by atoms with Gasteiger partial charge in [0.15, 0.2) is 0 Å². The highest BCUT2D eigenvalue weighted by molar-refractivity contribution is 5.80. The first-order valence-electron chi connectivity index (χ1n) is 7.19. The van der Waals surface area contributed by atoms with Gasteiger partial charge in [0, 0.05) is 12.6 Å². The fourth-order valence-electron chi connectivity index (χ4n) is 2.21. The molecule has 2 rings (SSSR count). The molecule has 1 aromatic rings. The first-order chi connectivity index (χ1) is 9.70. The van der Waals surface area contributed by atoms with Gasteiger partial charge in [-0.2, -0.15) is 0 Å². The fraction of sp³-hybridized carbons (Fsp3) is 0.500. The molecule has 4 heteroatoms. The summed E-state index contributed by atoms with van der Waals surface area (Å²) in [6.07, 6.45) is 2.78. The van der Waals surface area contributed by atoms with Crippen LogP contribution in [0.3, 0.4) is 0 Å². The van der Waals surface area contributed by atoms with Crippen molar-refractivity contribution in [2.24, 2.45) is 0 Å². The van der Waals surface area contributed by atoms with Crippen LogP contribution in [0, 0.1) is 0 Å². The maximum Gasteiger partial charge on any atom is 0.307 e. The van der Waals surface area contributed by atoms with Crippen LogP contribution in [0.4, 0.5) is 0 Å². The zero-order valence-corrected chi connectivity index (χ0v) is 11.9. The van der Waals surface area contributed by atoms with Crippen molar-refractivity contribution in [1.82, 2.24) is 4.90 Å². The van der Waals surface area contributed by atoms with Crippen molar-refractivity contribution in [2.45, 2.75) is 38.6 Å². The highest BCUT2D eigenvalue weighted by Crippen LogP contribution is 2.27. The highest BCUT2D eigenvalue weighted by Gasteiger charge is 2.32. The van der Waals surface area contributed by atoms with Crippen molar-refractivity contribution in [1.29, 1.82) is 0 Å². The minimum absolute atomic E-state index is 0.1000. The molecule has 1 saturated carbocycles. The predicted molar refractivity (Wildman–Crippen MR) is 76.1 cm³/mol. The molecule has 0 aromatic heterocycles. The Kier molecular flexibility index (Phi) is 5.16. The molecule has 108 valence electrons. The second-order valence-corrected chi connectivity index (χ2v) is 5.04. The fourth-order valence-corrected chi connectivity index (χ4v) is 2.21. The van der Waals surface area contributed by atoms with Gasteiger partial charge in [-0.1, -0.05) is 30.3 Å². The minimum Gasteiger partial charge on any atom is -0.466 e. The Morgan fingerprint density at radius 3 is 2.55 bits per heavy atom. The van der Waals surface area contributed by atoms with Crippen LogP contribution in [-0.2, 0) is 20.7 Å². The maximum absolute atomic E-state index is 12.3. The zero-order valence-electron chi connectivity index (χ0n) is 11.9. The van der Waals surface area contributed by atoms with Crippen LogP contribution < -0.4 is 0 Å². The van der Waals surface area contributed by atoms with Crippen molar-refractivity contribution in [3.63, 3.8) is 0 Å². The molecule has 0 saturated heterocycles. The van der Waals surface area contributed by atoms with Crippen LogP contribution in [-0.4, -0.2) is 36.0 Å². The molecule has 0 heterocycles. The lowest BCUT2D eigenvalue weighted by Crippen LogP contribution is -2.36. The summed E-state index contributed by atoms with van der Waals surface area (Å²) in [5.41, 5.74) is 1.01. The van der Waals surface area contributed by atoms with Crippen LogP contribution in [0.2, 0.25) is 0 Å². The van der Waals surface area contributed by atoms with E-state index < -0.39 is 0 Å². The van der Waals surface area contributed by atoms with Gasteiger partial charge in [-0.25, -0.2) is 0 Å². The molecule has 0 atom stereocenters. The van der Waals surface area contributed by atoms with Crippen molar-refractivity contribution >= 4 is 11.9 Å². The van der Waals surface area contributed by atoms with E-state index in [-0.39, 0.29) is 18.3 Å². The molecule has 1 aromatic carbocycles. The van der Waals surface area contributed by atoms with Crippen LogP contribution in [0.25, 0.3) is 0 Å². The Hall–Kier alpha value is -1.84. The van der Waals surface area contributed by atoms with E-state index in [1.165, 1.54) is 0 Å². The van der Waals surface area contributed by atoms with Crippen LogP contribution in [0.15, 0.2) is 30.3 Å². The molecule has 20 heavy (non-hydrogen) atoms. The topological polar surface area (TPSA) is 46.6 Å². The normalized spacial score (nSPS) is 13.8. The van der Waals surface area contributed by atoms with Crippen molar-refractivity contribution in [3.8, 4) is 0 Å². The molecule has 1 aliphatic rings. The molecular weight excluding hydrogens is 254 g/mol. The number of hydrogen-bond acceptors (Lipinski definition) is 3. The Morgan fingerprint density at radius 2 is 1.95 bits per heavy atom. The quantitative estimate of drug-likeness (QED) is 0.716. The van der Waals surface area contributed by atoms with Gasteiger partial charge in [-0.3, -0.25) is 9.59 Å². The molecule has 1 aliphatic carbocycles. The molecule has 0 aliphatic heterocycles. The largest absolute Gasteiger partial charge is 0.466 e. The number of carbonyl (C=O) groups is 2. The molecule has 1 fully saturated rings. The monoisotopic (exact) mass is 275 g/mol. The Morgan fingerprint density at radius 1 is 1.25 bits per heavy atom. The van der Waals surface area contributed by atoms with E-state index >= 15 is 0 Å². The predicted octanol–water partition coefficient (Wildman–Crippen LogP) is 2.17. The summed E-state index contributed by atoms with van der Waals surface area (Å²) in [6.45, 7) is 2.65. The van der Waals surface area contributed by atoms with Gasteiger partial charge in [0.25, 0.3) is 0 Å². The number of nitrogens with zero attached hydrogens (tertiary/aromatic N) is 1. The molecule has 0 radical (unpaired) electrons. The number of amides is 1. The minimum atomic E-state index is -0.231. The lowest BCUT2D eigenvalue weighted by atomic mass is 10.1. The number of benzene rings is 1. The van der Waals surface area contributed by atoms with Crippen molar-refractivity contribution in [3.05, 3.63) is 35.9 Å². The molecular formula is C16H21NO3. The number of rotatable bonds is 7. The Balaban J connectivity index is 1.88. The standard InChI is InChI=1S/C16H21NO3/c1-2-20-16(19)10-11-17(14-8-9-14)15(18)12-13-6-4-3-5-7-13/h3-7,14H,2,8-12H2,1H3. The van der Waals surface area contributed by atoms with Gasteiger partial charge >= 0.3 is 5.97 Å². The molecule has 0 bridgehead atoms. The lowest BCUT2D eigenvalue weighted by molar-refractivity contribution is -0.144. The third kappa shape index (κ3) is 4.37. The van der Waals surface area contributed by atoms with E-state index in [2.05, 4.69) is 0 Å². The third-order valence-electron chi connectivity index (χ3n) is 3.37. The first-order valence-corrected chi connectivity index (χ1v) is 7.19. The number of hydrogen-bond donors (Lipinski definition) is 0. The van der Waals surface area contributed by atoms with E-state index in [4.69, 9.17) is 4.74 Å². The molecule has 0 unspecified atom stereocenters. The average molecular weight is 275 g/mol. The lowest BCUT2D eigenvalue weighted by Gasteiger charge is -2.22. The summed E-state index contributed by atoms with van der Waals surface area (Å²) in [4.78, 5) is 25.6. The van der Waals surface area contributed by atoms with Crippen molar-refractivity contribution in [2.75, 3.05) is 13.2 Å². The van der Waals surface area contributed by atoms with Crippen LogP contribution in [0.1, 0.15) is 31.7 Å². The van der Waals surface area contributed by atoms with Gasteiger partial charge in [-0.05, 0) is 25.3 Å². The van der Waals surface area contributed by atoms with E-state index in [0.717, 1.165) is 18.4 Å². The van der Waals surface area contributed by atoms with E-state index in [1.807, 2.05) is 35.2 Å². The van der Waals surface area contributed by atoms with Gasteiger partial charge < -0.3 is 9.64 Å². The summed E-state index contributed by atoms with van der Waals surface area (Å²) in [7, 11) is 0. The number of ether oxygens (including phenoxy) is 1. The summed E-state index contributed by atoms with van der Waals surface area (Å²) in [5.74, 6) is -0.131. The third-order valence-corrected chi connectivity index (χ3v) is 3.37. The first kappa shape index (κ1) is 14.6. The van der Waals surface area contributed by atoms with Crippen LogP contribution in [0.5, 0.6) is 0 Å². The smallest absolute Gasteiger partial charge is 0.307 e. The maximum atomic E-state index is 12.3. The van der Waals surface area contributed by atoms with Gasteiger partial charge in [0.1, 0.15) is 0 Å². The molecule has 1 amide bonds. The number of esters is 1. The van der Waals surface area contributed by atoms with Gasteiger partial charge in [0.2, 0.25) is 5.91 Å². The molecule has 0 spiro atoms. The second-order valence-electron chi connectivity index (χ2n) is 5.04. The van der Waals surface area contributed by atoms with E-state index in [1.54, 1.807) is 6.92 Å². The Labute approximate surface area is 119 Å². The van der Waals surface area contributed by atoms with E-state index in [9.17, 15) is 9.59 Å². The highest BCUT2D eigenvalue weighted by atomic mass is 16.5. The van der Waals surface area contributed by atoms with Crippen LogP contribution >= 0.6 is 0 Å². The summed E-state index contributed by atoms with van der Waals surface area (Å²) < 4.78 is 4.91. The summed E-state index contributed by atoms with van der Waals surface area (Å²) in [5, 5.41) is 0. The van der Waals surface area contributed by atoms with Gasteiger partial charge in [0.05, 0.1) is 19.4 Å². The number of carbonyl (C=O) groups excluding carboxylic acids is 2. The average Bonchev–Trinajstić information content (AvgIpc) is 3.25.